The van der Waals surface area contributed by atoms with Crippen molar-refractivity contribution in [1.29, 1.82) is 0 Å². The molecule has 0 unspecified atom stereocenters. The largest absolute Gasteiger partial charge is 0.486 e. The average Bonchev–Trinajstić information content (AvgIpc) is 3.30. The van der Waals surface area contributed by atoms with Crippen LogP contribution in [-0.4, -0.2) is 39.6 Å². The fourth-order valence-electron chi connectivity index (χ4n) is 2.54. The summed E-state index contributed by atoms with van der Waals surface area (Å²) in [4.78, 5) is 13.4. The third-order valence-corrected chi connectivity index (χ3v) is 6.36. The Morgan fingerprint density at radius 3 is 2.85 bits per heavy atom. The monoisotopic (exact) mass is 466 g/mol. The number of ether oxygens (including phenoxy) is 2. The minimum Gasteiger partial charge on any atom is -0.486 e. The van der Waals surface area contributed by atoms with Crippen molar-refractivity contribution in [1.82, 2.24) is 14.8 Å². The molecule has 3 aromatic rings. The Morgan fingerprint density at radius 2 is 2.11 bits per heavy atom. The van der Waals surface area contributed by atoms with Crippen molar-refractivity contribution in [2.45, 2.75) is 5.16 Å². The van der Waals surface area contributed by atoms with Gasteiger partial charge in [0.05, 0.1) is 16.3 Å². The third-order valence-electron chi connectivity index (χ3n) is 3.81. The van der Waals surface area contributed by atoms with Gasteiger partial charge in [-0.3, -0.25) is 4.79 Å². The van der Waals surface area contributed by atoms with E-state index in [1.807, 2.05) is 29.1 Å². The summed E-state index contributed by atoms with van der Waals surface area (Å²) in [6.45, 7) is 1.02. The number of rotatable bonds is 5. The van der Waals surface area contributed by atoms with Crippen LogP contribution in [0.3, 0.4) is 0 Å². The minimum absolute atomic E-state index is 0.141. The Labute approximate surface area is 172 Å². The summed E-state index contributed by atoms with van der Waals surface area (Å²) in [6, 6.07) is 7.53. The Morgan fingerprint density at radius 1 is 1.33 bits per heavy atom. The normalized spacial score (nSPS) is 12.8. The summed E-state index contributed by atoms with van der Waals surface area (Å²) in [5.41, 5.74) is 0.641. The maximum atomic E-state index is 12.4. The topological polar surface area (TPSA) is 78.3 Å². The number of thioether (sulfide) groups is 1. The molecule has 7 nitrogen and oxygen atoms in total. The van der Waals surface area contributed by atoms with Gasteiger partial charge < -0.3 is 19.4 Å². The molecule has 1 N–H and O–H groups in total. The molecule has 0 atom stereocenters. The summed E-state index contributed by atoms with van der Waals surface area (Å²) in [5, 5.41) is 14.0. The first-order valence-corrected chi connectivity index (χ1v) is 10.7. The van der Waals surface area contributed by atoms with E-state index in [1.54, 1.807) is 23.5 Å². The van der Waals surface area contributed by atoms with Crippen LogP contribution in [0.2, 0.25) is 0 Å². The van der Waals surface area contributed by atoms with Crippen LogP contribution >= 0.6 is 39.0 Å². The van der Waals surface area contributed by atoms with E-state index >= 15 is 0 Å². The number of carbonyl (C=O) groups excluding carboxylic acids is 1. The van der Waals surface area contributed by atoms with E-state index in [2.05, 4.69) is 31.4 Å². The van der Waals surface area contributed by atoms with Gasteiger partial charge in [-0.05, 0) is 27.4 Å². The Kier molecular flexibility index (Phi) is 5.37. The molecule has 0 saturated carbocycles. The molecule has 10 heteroatoms. The SMILES string of the molecule is Cn1c(SCC(=O)Nc2cc3c(cc2Br)OCCO3)nnc1-c1cccs1. The van der Waals surface area contributed by atoms with E-state index in [0.717, 1.165) is 15.2 Å². The van der Waals surface area contributed by atoms with Gasteiger partial charge in [-0.15, -0.1) is 21.5 Å². The van der Waals surface area contributed by atoms with E-state index in [4.69, 9.17) is 9.47 Å². The molecule has 2 aromatic heterocycles. The fraction of sp³-hybridized carbons (Fsp3) is 0.235. The summed E-state index contributed by atoms with van der Waals surface area (Å²) in [7, 11) is 1.90. The minimum atomic E-state index is -0.141. The van der Waals surface area contributed by atoms with Gasteiger partial charge in [0.15, 0.2) is 22.5 Å². The van der Waals surface area contributed by atoms with Crippen molar-refractivity contribution in [3.8, 4) is 22.2 Å². The van der Waals surface area contributed by atoms with Gasteiger partial charge in [-0.2, -0.15) is 0 Å². The van der Waals surface area contributed by atoms with Gasteiger partial charge >= 0.3 is 0 Å². The van der Waals surface area contributed by atoms with Gasteiger partial charge in [-0.25, -0.2) is 0 Å². The van der Waals surface area contributed by atoms with Gasteiger partial charge in [0.2, 0.25) is 5.91 Å². The highest BCUT2D eigenvalue weighted by Crippen LogP contribution is 2.38. The smallest absolute Gasteiger partial charge is 0.234 e. The van der Waals surface area contributed by atoms with Crippen molar-refractivity contribution in [2.75, 3.05) is 24.3 Å². The molecular formula is C17H15BrN4O3S2. The molecule has 0 fully saturated rings. The molecule has 27 heavy (non-hydrogen) atoms. The second kappa shape index (κ2) is 7.91. The van der Waals surface area contributed by atoms with Gasteiger partial charge in [0.1, 0.15) is 13.2 Å². The van der Waals surface area contributed by atoms with Crippen LogP contribution in [0, 0.1) is 0 Å². The Balaban J connectivity index is 1.41. The number of carbonyl (C=O) groups is 1. The van der Waals surface area contributed by atoms with E-state index < -0.39 is 0 Å². The zero-order chi connectivity index (χ0) is 18.8. The van der Waals surface area contributed by atoms with Crippen molar-refractivity contribution in [3.05, 3.63) is 34.1 Å². The third kappa shape index (κ3) is 3.97. The van der Waals surface area contributed by atoms with Crippen molar-refractivity contribution in [3.63, 3.8) is 0 Å². The predicted molar refractivity (Wildman–Crippen MR) is 109 cm³/mol. The highest BCUT2D eigenvalue weighted by Gasteiger charge is 2.17. The first kappa shape index (κ1) is 18.3. The van der Waals surface area contributed by atoms with Crippen molar-refractivity contribution >= 4 is 50.6 Å². The molecule has 0 spiro atoms. The summed E-state index contributed by atoms with van der Waals surface area (Å²) >= 11 is 6.40. The van der Waals surface area contributed by atoms with Crippen LogP contribution in [0.5, 0.6) is 11.5 Å². The highest BCUT2D eigenvalue weighted by atomic mass is 79.9. The molecule has 0 aliphatic carbocycles. The molecule has 1 aliphatic rings. The lowest BCUT2D eigenvalue weighted by atomic mass is 10.2. The molecule has 3 heterocycles. The molecular weight excluding hydrogens is 452 g/mol. The molecule has 1 aliphatic heterocycles. The number of nitrogens with one attached hydrogen (secondary N) is 1. The standard InChI is InChI=1S/C17H15BrN4O3S2/c1-22-16(14-3-2-6-26-14)20-21-17(22)27-9-15(23)19-11-8-13-12(7-10(11)18)24-4-5-25-13/h2-3,6-8H,4-5,9H2,1H3,(H,19,23). The van der Waals surface area contributed by atoms with Crippen LogP contribution in [0.15, 0.2) is 39.3 Å². The Bertz CT molecular complexity index is 975. The lowest BCUT2D eigenvalue weighted by molar-refractivity contribution is -0.113. The number of anilines is 1. The van der Waals surface area contributed by atoms with E-state index in [9.17, 15) is 4.79 Å². The van der Waals surface area contributed by atoms with Crippen molar-refractivity contribution in [2.24, 2.45) is 7.05 Å². The molecule has 0 bridgehead atoms. The molecule has 1 aromatic carbocycles. The molecule has 140 valence electrons. The maximum absolute atomic E-state index is 12.4. The fourth-order valence-corrected chi connectivity index (χ4v) is 4.41. The molecule has 0 saturated heterocycles. The lowest BCUT2D eigenvalue weighted by Gasteiger charge is -2.20. The number of hydrogen-bond donors (Lipinski definition) is 1. The quantitative estimate of drug-likeness (QED) is 0.576. The van der Waals surface area contributed by atoms with Crippen LogP contribution < -0.4 is 14.8 Å². The number of benzene rings is 1. The molecule has 1 amide bonds. The first-order chi connectivity index (χ1) is 13.1. The zero-order valence-corrected chi connectivity index (χ0v) is 17.5. The summed E-state index contributed by atoms with van der Waals surface area (Å²) in [5.74, 6) is 2.17. The predicted octanol–water partition coefficient (Wildman–Crippen LogP) is 3.81. The van der Waals surface area contributed by atoms with E-state index in [0.29, 0.717) is 35.6 Å². The first-order valence-electron chi connectivity index (χ1n) is 8.07. The Hall–Kier alpha value is -2.04. The van der Waals surface area contributed by atoms with Crippen LogP contribution in [0.25, 0.3) is 10.7 Å². The number of thiophene rings is 1. The molecule has 0 radical (unpaired) electrons. The van der Waals surface area contributed by atoms with Gasteiger partial charge in [0.25, 0.3) is 0 Å². The number of halogens is 1. The lowest BCUT2D eigenvalue weighted by Crippen LogP contribution is -2.17. The van der Waals surface area contributed by atoms with Crippen LogP contribution in [0.4, 0.5) is 5.69 Å². The van der Waals surface area contributed by atoms with Gasteiger partial charge in [-0.1, -0.05) is 17.8 Å². The number of hydrogen-bond acceptors (Lipinski definition) is 7. The van der Waals surface area contributed by atoms with E-state index in [-0.39, 0.29) is 11.7 Å². The molecule has 4 rings (SSSR count). The summed E-state index contributed by atoms with van der Waals surface area (Å²) < 4.78 is 13.7. The van der Waals surface area contributed by atoms with E-state index in [1.165, 1.54) is 11.8 Å². The van der Waals surface area contributed by atoms with Crippen molar-refractivity contribution < 1.29 is 14.3 Å². The second-order valence-electron chi connectivity index (χ2n) is 5.66. The number of amides is 1. The zero-order valence-electron chi connectivity index (χ0n) is 14.3. The maximum Gasteiger partial charge on any atom is 0.234 e. The summed E-state index contributed by atoms with van der Waals surface area (Å²) in [6.07, 6.45) is 0. The number of fused-ring (bicyclic) bond motifs is 1. The second-order valence-corrected chi connectivity index (χ2v) is 8.40. The number of nitrogens with zero attached hydrogens (tertiary/aromatic N) is 3. The van der Waals surface area contributed by atoms with Crippen LogP contribution in [0.1, 0.15) is 0 Å². The van der Waals surface area contributed by atoms with Crippen LogP contribution in [-0.2, 0) is 11.8 Å². The average molecular weight is 467 g/mol. The van der Waals surface area contributed by atoms with Gasteiger partial charge in [0, 0.05) is 23.7 Å². The highest BCUT2D eigenvalue weighted by molar-refractivity contribution is 9.10. The number of aromatic nitrogens is 3.